The van der Waals surface area contributed by atoms with E-state index >= 15 is 0 Å². The minimum Gasteiger partial charge on any atom is -0.0836 e. The summed E-state index contributed by atoms with van der Waals surface area (Å²) in [5.74, 6) is 0. The fraction of sp³-hybridized carbons (Fsp3) is 0.290. The molecule has 0 fully saturated rings. The lowest BCUT2D eigenvalue weighted by Gasteiger charge is -2.22. The van der Waals surface area contributed by atoms with E-state index in [9.17, 15) is 0 Å². The Hall–Kier alpha value is -2.86. The van der Waals surface area contributed by atoms with Gasteiger partial charge in [0.1, 0.15) is 0 Å². The van der Waals surface area contributed by atoms with Crippen LogP contribution in [0, 0.1) is 0 Å². The van der Waals surface area contributed by atoms with Gasteiger partial charge in [-0.2, -0.15) is 0 Å². The largest absolute Gasteiger partial charge is 0.0836 e. The maximum atomic E-state index is 2.45. The van der Waals surface area contributed by atoms with Crippen LogP contribution in [0.15, 0.2) is 84.5 Å². The molecule has 156 valence electrons. The van der Waals surface area contributed by atoms with Crippen LogP contribution in [0.5, 0.6) is 0 Å². The molecule has 3 aromatic carbocycles. The summed E-state index contributed by atoms with van der Waals surface area (Å²) in [4.78, 5) is 0. The maximum absolute atomic E-state index is 2.45. The minimum absolute atomic E-state index is 0.0822. The van der Waals surface area contributed by atoms with E-state index in [4.69, 9.17) is 0 Å². The highest BCUT2D eigenvalue weighted by Crippen LogP contribution is 2.49. The predicted octanol–water partition coefficient (Wildman–Crippen LogP) is 8.25. The first-order chi connectivity index (χ1) is 14.8. The summed E-state index contributed by atoms with van der Waals surface area (Å²) in [6.45, 7) is 11.7. The van der Waals surface area contributed by atoms with E-state index in [0.29, 0.717) is 0 Å². The van der Waals surface area contributed by atoms with Crippen LogP contribution in [0.25, 0.3) is 16.7 Å². The zero-order valence-electron chi connectivity index (χ0n) is 19.4. The fourth-order valence-electron chi connectivity index (χ4n) is 5.58. The van der Waals surface area contributed by atoms with Crippen molar-refractivity contribution in [2.24, 2.45) is 0 Å². The van der Waals surface area contributed by atoms with Crippen molar-refractivity contribution < 1.29 is 0 Å². The van der Waals surface area contributed by atoms with Crippen LogP contribution in [-0.4, -0.2) is 0 Å². The molecule has 0 amide bonds. The lowest BCUT2D eigenvalue weighted by Crippen LogP contribution is -2.15. The molecule has 3 aromatic rings. The van der Waals surface area contributed by atoms with Crippen molar-refractivity contribution in [1.82, 2.24) is 0 Å². The van der Waals surface area contributed by atoms with Crippen LogP contribution in [-0.2, 0) is 17.3 Å². The molecule has 31 heavy (non-hydrogen) atoms. The first kappa shape index (κ1) is 20.1. The number of allylic oxidation sites excluding steroid dienone is 4. The van der Waals surface area contributed by atoms with Crippen LogP contribution < -0.4 is 0 Å². The number of hydrogen-bond acceptors (Lipinski definition) is 0. The molecule has 0 N–H and O–H groups in total. The van der Waals surface area contributed by atoms with Crippen molar-refractivity contribution in [1.29, 1.82) is 0 Å². The second kappa shape index (κ2) is 7.09. The van der Waals surface area contributed by atoms with Crippen LogP contribution in [0.2, 0.25) is 0 Å². The second-order valence-corrected chi connectivity index (χ2v) is 10.2. The van der Waals surface area contributed by atoms with Gasteiger partial charge in [0.15, 0.2) is 0 Å². The Bertz CT molecular complexity index is 1230. The maximum Gasteiger partial charge on any atom is 0.0158 e. The van der Waals surface area contributed by atoms with Crippen molar-refractivity contribution in [3.05, 3.63) is 112 Å². The van der Waals surface area contributed by atoms with Gasteiger partial charge in [0.25, 0.3) is 0 Å². The molecule has 0 aliphatic heterocycles. The van der Waals surface area contributed by atoms with Crippen molar-refractivity contribution >= 4 is 5.57 Å². The molecule has 0 nitrogen and oxygen atoms in total. The van der Waals surface area contributed by atoms with Crippen LogP contribution in [0.1, 0.15) is 68.9 Å². The van der Waals surface area contributed by atoms with Gasteiger partial charge in [0.2, 0.25) is 0 Å². The van der Waals surface area contributed by atoms with Gasteiger partial charge in [-0.25, -0.2) is 0 Å². The van der Waals surface area contributed by atoms with Crippen LogP contribution in [0.4, 0.5) is 0 Å². The van der Waals surface area contributed by atoms with Crippen molar-refractivity contribution in [3.63, 3.8) is 0 Å². The van der Waals surface area contributed by atoms with E-state index in [1.165, 1.54) is 50.1 Å². The highest BCUT2D eigenvalue weighted by molar-refractivity contribution is 5.85. The third-order valence-electron chi connectivity index (χ3n) is 7.76. The molecule has 2 aliphatic carbocycles. The van der Waals surface area contributed by atoms with Gasteiger partial charge >= 0.3 is 0 Å². The molecule has 0 unspecified atom stereocenters. The Morgan fingerprint density at radius 1 is 0.677 bits per heavy atom. The van der Waals surface area contributed by atoms with E-state index in [1.54, 1.807) is 0 Å². The third kappa shape index (κ3) is 3.04. The van der Waals surface area contributed by atoms with Crippen LogP contribution >= 0.6 is 0 Å². The fourth-order valence-corrected chi connectivity index (χ4v) is 5.58. The Kier molecular flexibility index (Phi) is 4.59. The SMILES string of the molecule is CC1=C(/C=C\CCc2ccc3c(c2)C(C)(C)c2ccccc2-3)c2ccccc2C1(C)C. The highest BCUT2D eigenvalue weighted by Gasteiger charge is 2.35. The molecule has 0 aromatic heterocycles. The summed E-state index contributed by atoms with van der Waals surface area (Å²) in [7, 11) is 0. The summed E-state index contributed by atoms with van der Waals surface area (Å²) < 4.78 is 0. The Morgan fingerprint density at radius 2 is 1.29 bits per heavy atom. The van der Waals surface area contributed by atoms with Gasteiger partial charge in [-0.3, -0.25) is 0 Å². The predicted molar refractivity (Wildman–Crippen MR) is 134 cm³/mol. The minimum atomic E-state index is 0.0822. The molecule has 0 heteroatoms. The molecule has 0 spiro atoms. The Balaban J connectivity index is 1.35. The first-order valence-corrected chi connectivity index (χ1v) is 11.5. The van der Waals surface area contributed by atoms with Crippen molar-refractivity contribution in [2.45, 2.75) is 58.3 Å². The molecule has 0 atom stereocenters. The molecule has 0 saturated heterocycles. The molecule has 0 bridgehead atoms. The molecule has 2 aliphatic rings. The van der Waals surface area contributed by atoms with Crippen molar-refractivity contribution in [3.8, 4) is 11.1 Å². The van der Waals surface area contributed by atoms with E-state index in [0.717, 1.165) is 12.8 Å². The number of aryl methyl sites for hydroxylation is 1. The van der Waals surface area contributed by atoms with E-state index in [-0.39, 0.29) is 10.8 Å². The molecule has 0 radical (unpaired) electrons. The monoisotopic (exact) mass is 404 g/mol. The smallest absolute Gasteiger partial charge is 0.0158 e. The number of benzene rings is 3. The average molecular weight is 405 g/mol. The number of rotatable bonds is 4. The highest BCUT2D eigenvalue weighted by atomic mass is 14.4. The average Bonchev–Trinajstić information content (AvgIpc) is 3.11. The van der Waals surface area contributed by atoms with E-state index in [2.05, 4.69) is 114 Å². The second-order valence-electron chi connectivity index (χ2n) is 10.2. The number of fused-ring (bicyclic) bond motifs is 4. The van der Waals surface area contributed by atoms with E-state index < -0.39 is 0 Å². The summed E-state index contributed by atoms with van der Waals surface area (Å²) in [6.07, 6.45) is 6.86. The molecule has 0 heterocycles. The normalized spacial score (nSPS) is 17.7. The summed E-state index contributed by atoms with van der Waals surface area (Å²) in [5, 5.41) is 0. The number of hydrogen-bond donors (Lipinski definition) is 0. The van der Waals surface area contributed by atoms with Crippen molar-refractivity contribution in [2.75, 3.05) is 0 Å². The summed E-state index contributed by atoms with van der Waals surface area (Å²) in [5.41, 5.74) is 13.1. The van der Waals surface area contributed by atoms with Gasteiger partial charge in [-0.1, -0.05) is 112 Å². The van der Waals surface area contributed by atoms with E-state index in [1.807, 2.05) is 0 Å². The first-order valence-electron chi connectivity index (χ1n) is 11.5. The lowest BCUT2D eigenvalue weighted by molar-refractivity contribution is 0.639. The zero-order valence-corrected chi connectivity index (χ0v) is 19.4. The van der Waals surface area contributed by atoms with Gasteiger partial charge in [0.05, 0.1) is 0 Å². The third-order valence-corrected chi connectivity index (χ3v) is 7.76. The Morgan fingerprint density at radius 3 is 2.03 bits per heavy atom. The standard InChI is InChI=1S/C31H32/c1-21-23(24-14-8-10-16-27(24)30(21,2)3)13-7-6-12-22-18-19-26-25-15-9-11-17-28(25)31(4,5)29(26)20-22/h7-11,13-20H,6,12H2,1-5H3/b13-7-. The summed E-state index contributed by atoms with van der Waals surface area (Å²) >= 11 is 0. The van der Waals surface area contributed by atoms with Gasteiger partial charge in [-0.15, -0.1) is 0 Å². The molecular formula is C31H32. The quantitative estimate of drug-likeness (QED) is 0.410. The Labute approximate surface area is 187 Å². The molecule has 0 saturated carbocycles. The van der Waals surface area contributed by atoms with Gasteiger partial charge in [-0.05, 0) is 64.3 Å². The van der Waals surface area contributed by atoms with Crippen LogP contribution in [0.3, 0.4) is 0 Å². The van der Waals surface area contributed by atoms with Gasteiger partial charge in [0, 0.05) is 10.8 Å². The molecular weight excluding hydrogens is 372 g/mol. The topological polar surface area (TPSA) is 0 Å². The van der Waals surface area contributed by atoms with Gasteiger partial charge < -0.3 is 0 Å². The molecule has 5 rings (SSSR count). The summed E-state index contributed by atoms with van der Waals surface area (Å²) in [6, 6.07) is 24.9. The zero-order chi connectivity index (χ0) is 21.8. The lowest BCUT2D eigenvalue weighted by atomic mass is 9.82.